The summed E-state index contributed by atoms with van der Waals surface area (Å²) in [5.74, 6) is 5.75. The number of ether oxygens (including phenoxy) is 1. The lowest BCUT2D eigenvalue weighted by Gasteiger charge is -2.33. The highest BCUT2D eigenvalue weighted by Crippen LogP contribution is 2.35. The molecule has 42 heavy (non-hydrogen) atoms. The summed E-state index contributed by atoms with van der Waals surface area (Å²) < 4.78 is 47.4. The first-order valence-electron chi connectivity index (χ1n) is 14.0. The maximum Gasteiger partial charge on any atom is 0.416 e. The van der Waals surface area contributed by atoms with Gasteiger partial charge in [-0.2, -0.15) is 13.2 Å². The molecule has 10 heteroatoms. The van der Waals surface area contributed by atoms with Crippen LogP contribution in [0.1, 0.15) is 38.2 Å². The number of carbonyl (C=O) groups is 1. The molecular formula is C32H34F3N5O2. The van der Waals surface area contributed by atoms with Crippen LogP contribution in [-0.2, 0) is 17.5 Å². The molecule has 0 spiro atoms. The first kappa shape index (κ1) is 29.6. The molecule has 3 aromatic rings. The van der Waals surface area contributed by atoms with Gasteiger partial charge in [-0.1, -0.05) is 24.0 Å². The van der Waals surface area contributed by atoms with E-state index in [2.05, 4.69) is 31.9 Å². The number of nitrogens with one attached hydrogen (secondary N) is 1. The van der Waals surface area contributed by atoms with E-state index in [1.807, 2.05) is 24.9 Å². The molecule has 2 saturated heterocycles. The second-order valence-electron chi connectivity index (χ2n) is 10.7. The summed E-state index contributed by atoms with van der Waals surface area (Å²) in [6.07, 6.45) is -1.05. The molecule has 0 radical (unpaired) electrons. The van der Waals surface area contributed by atoms with Crippen LogP contribution < -0.4 is 10.2 Å². The molecule has 2 fully saturated rings. The first-order valence-corrected chi connectivity index (χ1v) is 14.0. The highest BCUT2D eigenvalue weighted by atomic mass is 19.4. The topological polar surface area (TPSA) is 60.9 Å². The molecule has 3 heterocycles. The number of halogens is 3. The molecule has 0 aliphatic carbocycles. The van der Waals surface area contributed by atoms with Crippen LogP contribution in [0.5, 0.6) is 0 Å². The molecule has 0 saturated carbocycles. The Morgan fingerprint density at radius 2 is 1.74 bits per heavy atom. The van der Waals surface area contributed by atoms with Crippen LogP contribution in [0.2, 0.25) is 0 Å². The third-order valence-corrected chi connectivity index (χ3v) is 7.60. The van der Waals surface area contributed by atoms with Crippen molar-refractivity contribution in [3.8, 4) is 11.8 Å². The lowest BCUT2D eigenvalue weighted by Crippen LogP contribution is -2.44. The van der Waals surface area contributed by atoms with E-state index in [1.165, 1.54) is 12.1 Å². The number of anilines is 2. The van der Waals surface area contributed by atoms with Crippen molar-refractivity contribution in [3.05, 3.63) is 88.2 Å². The minimum absolute atomic E-state index is 0.0914. The van der Waals surface area contributed by atoms with Crippen LogP contribution in [0.15, 0.2) is 54.9 Å². The lowest BCUT2D eigenvalue weighted by atomic mass is 10.0. The van der Waals surface area contributed by atoms with Crippen LogP contribution in [0.3, 0.4) is 0 Å². The highest BCUT2D eigenvalue weighted by molar-refractivity contribution is 6.04. The van der Waals surface area contributed by atoms with Gasteiger partial charge in [-0.25, -0.2) is 0 Å². The van der Waals surface area contributed by atoms with Crippen molar-refractivity contribution < 1.29 is 22.7 Å². The Hall–Kier alpha value is -3.91. The predicted molar refractivity (Wildman–Crippen MR) is 157 cm³/mol. The molecule has 0 atom stereocenters. The monoisotopic (exact) mass is 577 g/mol. The third kappa shape index (κ3) is 7.48. The minimum Gasteiger partial charge on any atom is -0.378 e. The van der Waals surface area contributed by atoms with Gasteiger partial charge in [0.2, 0.25) is 0 Å². The molecule has 2 aliphatic rings. The number of pyridine rings is 1. The molecular weight excluding hydrogens is 543 g/mol. The number of amides is 1. The van der Waals surface area contributed by atoms with Crippen LogP contribution in [-0.4, -0.2) is 80.2 Å². The Labute approximate surface area is 244 Å². The number of hydrogen-bond donors (Lipinski definition) is 1. The largest absolute Gasteiger partial charge is 0.416 e. The van der Waals surface area contributed by atoms with Crippen molar-refractivity contribution >= 4 is 17.3 Å². The molecule has 220 valence electrons. The number of carbonyl (C=O) groups excluding carboxylic acids is 1. The fourth-order valence-electron chi connectivity index (χ4n) is 5.03. The summed E-state index contributed by atoms with van der Waals surface area (Å²) in [7, 11) is 2.00. The van der Waals surface area contributed by atoms with Crippen molar-refractivity contribution in [2.45, 2.75) is 19.6 Å². The Morgan fingerprint density at radius 1 is 0.976 bits per heavy atom. The standard InChI is InChI=1S/C32H34F3N5O2/c1-23-3-5-26(18-25(23)6-4-24-17-29(21-36-20-24)40-13-15-42-16-14-40)31(41)37-28-8-7-27(30(19-28)32(33,34)35)22-39-11-9-38(2)10-12-39/h3,5,7-8,17-21H,9-16,22H2,1-2H3,(H,37,41). The Balaban J connectivity index is 1.31. The summed E-state index contributed by atoms with van der Waals surface area (Å²) in [6, 6.07) is 11.1. The predicted octanol–water partition coefficient (Wildman–Crippen LogP) is 4.64. The summed E-state index contributed by atoms with van der Waals surface area (Å²) in [5.41, 5.74) is 3.11. The number of likely N-dealkylation sites (N-methyl/N-ethyl adjacent to an activating group) is 1. The van der Waals surface area contributed by atoms with E-state index in [9.17, 15) is 18.0 Å². The van der Waals surface area contributed by atoms with E-state index < -0.39 is 17.6 Å². The number of rotatable bonds is 5. The maximum atomic E-state index is 14.0. The molecule has 1 amide bonds. The smallest absolute Gasteiger partial charge is 0.378 e. The average molecular weight is 578 g/mol. The quantitative estimate of drug-likeness (QED) is 0.446. The van der Waals surface area contributed by atoms with Crippen LogP contribution >= 0.6 is 0 Å². The molecule has 0 bridgehead atoms. The van der Waals surface area contributed by atoms with Crippen LogP contribution in [0.4, 0.5) is 24.5 Å². The molecule has 5 rings (SSSR count). The van der Waals surface area contributed by atoms with Gasteiger partial charge in [-0.15, -0.1) is 0 Å². The summed E-state index contributed by atoms with van der Waals surface area (Å²) >= 11 is 0. The van der Waals surface area contributed by atoms with Crippen molar-refractivity contribution in [2.75, 3.05) is 69.7 Å². The Kier molecular flexibility index (Phi) is 9.12. The molecule has 1 aromatic heterocycles. The Bertz CT molecular complexity index is 1480. The number of nitrogens with zero attached hydrogens (tertiary/aromatic N) is 4. The van der Waals surface area contributed by atoms with Gasteiger partial charge in [0.15, 0.2) is 0 Å². The van der Waals surface area contributed by atoms with E-state index in [4.69, 9.17) is 4.74 Å². The Morgan fingerprint density at radius 3 is 2.48 bits per heavy atom. The van der Waals surface area contributed by atoms with Gasteiger partial charge < -0.3 is 19.9 Å². The van der Waals surface area contributed by atoms with Crippen molar-refractivity contribution in [3.63, 3.8) is 0 Å². The first-order chi connectivity index (χ1) is 20.2. The van der Waals surface area contributed by atoms with Gasteiger partial charge in [0, 0.05) is 74.4 Å². The number of hydrogen-bond acceptors (Lipinski definition) is 6. The molecule has 1 N–H and O–H groups in total. The van der Waals surface area contributed by atoms with E-state index in [0.717, 1.165) is 49.1 Å². The summed E-state index contributed by atoms with van der Waals surface area (Å²) in [4.78, 5) is 23.8. The van der Waals surface area contributed by atoms with Gasteiger partial charge in [0.05, 0.1) is 30.7 Å². The molecule has 7 nitrogen and oxygen atoms in total. The van der Waals surface area contributed by atoms with Gasteiger partial charge >= 0.3 is 6.18 Å². The molecule has 2 aliphatic heterocycles. The zero-order chi connectivity index (χ0) is 29.7. The van der Waals surface area contributed by atoms with Gasteiger partial charge in [-0.05, 0) is 55.4 Å². The van der Waals surface area contributed by atoms with Crippen LogP contribution in [0, 0.1) is 18.8 Å². The number of benzene rings is 2. The third-order valence-electron chi connectivity index (χ3n) is 7.60. The number of aromatic nitrogens is 1. The van der Waals surface area contributed by atoms with Crippen molar-refractivity contribution in [1.82, 2.24) is 14.8 Å². The number of alkyl halides is 3. The highest BCUT2D eigenvalue weighted by Gasteiger charge is 2.34. The van der Waals surface area contributed by atoms with Crippen LogP contribution in [0.25, 0.3) is 0 Å². The molecule has 2 aromatic carbocycles. The van der Waals surface area contributed by atoms with Gasteiger partial charge in [0.1, 0.15) is 0 Å². The zero-order valence-electron chi connectivity index (χ0n) is 23.8. The molecule has 0 unspecified atom stereocenters. The SMILES string of the molecule is Cc1ccc(C(=O)Nc2ccc(CN3CCN(C)CC3)c(C(F)(F)F)c2)cc1C#Cc1cncc(N2CCOCC2)c1. The van der Waals surface area contributed by atoms with Gasteiger partial charge in [-0.3, -0.25) is 14.7 Å². The zero-order valence-corrected chi connectivity index (χ0v) is 23.8. The maximum absolute atomic E-state index is 14.0. The minimum atomic E-state index is -4.54. The van der Waals surface area contributed by atoms with E-state index in [0.29, 0.717) is 37.4 Å². The normalized spacial score (nSPS) is 16.5. The van der Waals surface area contributed by atoms with Crippen molar-refractivity contribution in [1.29, 1.82) is 0 Å². The van der Waals surface area contributed by atoms with E-state index >= 15 is 0 Å². The van der Waals surface area contributed by atoms with E-state index in [1.54, 1.807) is 30.6 Å². The number of aryl methyl sites for hydroxylation is 1. The summed E-state index contributed by atoms with van der Waals surface area (Å²) in [6.45, 7) is 8.07. The van der Waals surface area contributed by atoms with E-state index in [-0.39, 0.29) is 17.8 Å². The lowest BCUT2D eigenvalue weighted by molar-refractivity contribution is -0.138. The number of morpholine rings is 1. The van der Waals surface area contributed by atoms with Gasteiger partial charge in [0.25, 0.3) is 5.91 Å². The second kappa shape index (κ2) is 12.9. The second-order valence-corrected chi connectivity index (χ2v) is 10.7. The summed E-state index contributed by atoms with van der Waals surface area (Å²) in [5, 5.41) is 2.64. The average Bonchev–Trinajstić information content (AvgIpc) is 2.98. The fraction of sp³-hybridized carbons (Fsp3) is 0.375. The fourth-order valence-corrected chi connectivity index (χ4v) is 5.03. The van der Waals surface area contributed by atoms with Crippen molar-refractivity contribution in [2.24, 2.45) is 0 Å². The number of piperazine rings is 1.